The average Bonchev–Trinajstić information content (AvgIpc) is 3.10. The summed E-state index contributed by atoms with van der Waals surface area (Å²) >= 11 is 0. The third kappa shape index (κ3) is 3.07. The van der Waals surface area contributed by atoms with Crippen LogP contribution in [0.1, 0.15) is 28.8 Å². The number of aromatic carboxylic acids is 1. The number of carboxylic acid groups (broad SMARTS) is 1. The number of nitrogens with zero attached hydrogens (tertiary/aromatic N) is 1. The molecule has 2 aromatic carbocycles. The Morgan fingerprint density at radius 1 is 1.04 bits per heavy atom. The van der Waals surface area contributed by atoms with Gasteiger partial charge in [-0.25, -0.2) is 13.2 Å². The lowest BCUT2D eigenvalue weighted by Crippen LogP contribution is -2.27. The maximum absolute atomic E-state index is 12.5. The topological polar surface area (TPSA) is 74.7 Å². The molecule has 2 aromatic rings. The summed E-state index contributed by atoms with van der Waals surface area (Å²) in [4.78, 5) is 11.3. The van der Waals surface area contributed by atoms with Gasteiger partial charge < -0.3 is 5.11 Å². The molecule has 5 nitrogen and oxygen atoms in total. The van der Waals surface area contributed by atoms with Crippen molar-refractivity contribution >= 4 is 16.0 Å². The van der Waals surface area contributed by atoms with Crippen molar-refractivity contribution in [3.63, 3.8) is 0 Å². The van der Waals surface area contributed by atoms with E-state index in [1.54, 1.807) is 42.5 Å². The van der Waals surface area contributed by atoms with Gasteiger partial charge in [0.15, 0.2) is 0 Å². The Balaban J connectivity index is 1.91. The van der Waals surface area contributed by atoms with Crippen LogP contribution in [0, 0.1) is 6.92 Å². The second kappa shape index (κ2) is 6.37. The van der Waals surface area contributed by atoms with Crippen LogP contribution in [0.15, 0.2) is 47.4 Å². The monoisotopic (exact) mass is 345 g/mol. The molecule has 6 heteroatoms. The standard InChI is InChI=1S/C18H19NO4S/c1-13-12-15(18(20)21)6-9-17(13)14-4-7-16(8-5-14)24(22,23)19-10-2-3-11-19/h4-9,12H,2-3,10-11H2,1H3,(H,20,21). The number of hydrogen-bond donors (Lipinski definition) is 1. The summed E-state index contributed by atoms with van der Waals surface area (Å²) in [6, 6.07) is 11.7. The quantitative estimate of drug-likeness (QED) is 0.924. The summed E-state index contributed by atoms with van der Waals surface area (Å²) in [5, 5.41) is 9.03. The van der Waals surface area contributed by atoms with Gasteiger partial charge in [-0.15, -0.1) is 0 Å². The minimum Gasteiger partial charge on any atom is -0.478 e. The summed E-state index contributed by atoms with van der Waals surface area (Å²) in [6.45, 7) is 3.01. The van der Waals surface area contributed by atoms with Crippen LogP contribution in [0.2, 0.25) is 0 Å². The summed E-state index contributed by atoms with van der Waals surface area (Å²) in [7, 11) is -3.41. The minimum absolute atomic E-state index is 0.240. The molecule has 0 amide bonds. The van der Waals surface area contributed by atoms with Gasteiger partial charge in [0.05, 0.1) is 10.5 Å². The van der Waals surface area contributed by atoms with Gasteiger partial charge >= 0.3 is 5.97 Å². The Morgan fingerprint density at radius 3 is 2.21 bits per heavy atom. The highest BCUT2D eigenvalue weighted by atomic mass is 32.2. The van der Waals surface area contributed by atoms with Gasteiger partial charge in [-0.05, 0) is 60.7 Å². The van der Waals surface area contributed by atoms with Crippen molar-refractivity contribution in [3.05, 3.63) is 53.6 Å². The molecule has 0 saturated carbocycles. The van der Waals surface area contributed by atoms with E-state index in [4.69, 9.17) is 5.11 Å². The largest absolute Gasteiger partial charge is 0.478 e. The van der Waals surface area contributed by atoms with E-state index in [2.05, 4.69) is 0 Å². The first-order chi connectivity index (χ1) is 11.4. The summed E-state index contributed by atoms with van der Waals surface area (Å²) in [5.74, 6) is -0.961. The molecule has 1 aliphatic rings. The normalized spacial score (nSPS) is 15.5. The van der Waals surface area contributed by atoms with Crippen molar-refractivity contribution in [2.75, 3.05) is 13.1 Å². The van der Waals surface area contributed by atoms with Gasteiger partial charge in [-0.2, -0.15) is 4.31 Å². The molecule has 0 bridgehead atoms. The highest BCUT2D eigenvalue weighted by Crippen LogP contribution is 2.27. The number of sulfonamides is 1. The maximum Gasteiger partial charge on any atom is 0.335 e. The molecular weight excluding hydrogens is 326 g/mol. The third-order valence-corrected chi connectivity index (χ3v) is 6.25. The van der Waals surface area contributed by atoms with Gasteiger partial charge in [-0.1, -0.05) is 18.2 Å². The highest BCUT2D eigenvalue weighted by molar-refractivity contribution is 7.89. The van der Waals surface area contributed by atoms with Crippen molar-refractivity contribution in [2.24, 2.45) is 0 Å². The number of aryl methyl sites for hydroxylation is 1. The fourth-order valence-corrected chi connectivity index (χ4v) is 4.52. The first-order valence-corrected chi connectivity index (χ1v) is 9.28. The first kappa shape index (κ1) is 16.7. The van der Waals surface area contributed by atoms with Gasteiger partial charge in [0, 0.05) is 13.1 Å². The molecule has 0 unspecified atom stereocenters. The van der Waals surface area contributed by atoms with E-state index in [0.717, 1.165) is 29.5 Å². The average molecular weight is 345 g/mol. The summed E-state index contributed by atoms with van der Waals surface area (Å²) < 4.78 is 26.6. The van der Waals surface area contributed by atoms with Gasteiger partial charge in [0.25, 0.3) is 0 Å². The smallest absolute Gasteiger partial charge is 0.335 e. The van der Waals surface area contributed by atoms with Crippen LogP contribution < -0.4 is 0 Å². The van der Waals surface area contributed by atoms with Crippen molar-refractivity contribution in [3.8, 4) is 11.1 Å². The van der Waals surface area contributed by atoms with Gasteiger partial charge in [0.1, 0.15) is 0 Å². The molecule has 24 heavy (non-hydrogen) atoms. The Labute approximate surface area is 141 Å². The molecule has 3 rings (SSSR count). The predicted molar refractivity (Wildman–Crippen MR) is 91.6 cm³/mol. The zero-order valence-corrected chi connectivity index (χ0v) is 14.2. The lowest BCUT2D eigenvalue weighted by molar-refractivity contribution is 0.0697. The van der Waals surface area contributed by atoms with Crippen LogP contribution in [-0.2, 0) is 10.0 Å². The zero-order valence-electron chi connectivity index (χ0n) is 13.4. The fraction of sp³-hybridized carbons (Fsp3) is 0.278. The molecule has 0 atom stereocenters. The number of benzene rings is 2. The maximum atomic E-state index is 12.5. The fourth-order valence-electron chi connectivity index (χ4n) is 3.00. The lowest BCUT2D eigenvalue weighted by Gasteiger charge is -2.16. The molecule has 126 valence electrons. The molecule has 0 spiro atoms. The molecule has 1 heterocycles. The number of carboxylic acids is 1. The molecule has 0 radical (unpaired) electrons. The van der Waals surface area contributed by atoms with Crippen molar-refractivity contribution in [1.82, 2.24) is 4.31 Å². The molecule has 1 saturated heterocycles. The Bertz CT molecular complexity index is 866. The van der Waals surface area contributed by atoms with Crippen LogP contribution in [0.3, 0.4) is 0 Å². The first-order valence-electron chi connectivity index (χ1n) is 7.84. The molecule has 0 aliphatic carbocycles. The lowest BCUT2D eigenvalue weighted by atomic mass is 9.98. The van der Waals surface area contributed by atoms with E-state index in [1.165, 1.54) is 4.31 Å². The second-order valence-corrected chi connectivity index (χ2v) is 7.91. The molecule has 1 aliphatic heterocycles. The number of rotatable bonds is 4. The Kier molecular flexibility index (Phi) is 4.43. The van der Waals surface area contributed by atoms with Crippen molar-refractivity contribution in [1.29, 1.82) is 0 Å². The van der Waals surface area contributed by atoms with E-state index in [9.17, 15) is 13.2 Å². The minimum atomic E-state index is -3.41. The summed E-state index contributed by atoms with van der Waals surface area (Å²) in [5.41, 5.74) is 2.84. The SMILES string of the molecule is Cc1cc(C(=O)O)ccc1-c1ccc(S(=O)(=O)N2CCCC2)cc1. The molecule has 1 N–H and O–H groups in total. The van der Waals surface area contributed by atoms with Crippen LogP contribution >= 0.6 is 0 Å². The van der Waals surface area contributed by atoms with Crippen molar-refractivity contribution < 1.29 is 18.3 Å². The van der Waals surface area contributed by atoms with E-state index < -0.39 is 16.0 Å². The second-order valence-electron chi connectivity index (χ2n) is 5.97. The number of carbonyl (C=O) groups is 1. The van der Waals surface area contributed by atoms with E-state index >= 15 is 0 Å². The molecule has 1 fully saturated rings. The van der Waals surface area contributed by atoms with Gasteiger partial charge in [-0.3, -0.25) is 0 Å². The summed E-state index contributed by atoms with van der Waals surface area (Å²) in [6.07, 6.45) is 1.82. The van der Waals surface area contributed by atoms with E-state index in [1.807, 2.05) is 6.92 Å². The van der Waals surface area contributed by atoms with Gasteiger partial charge in [0.2, 0.25) is 10.0 Å². The van der Waals surface area contributed by atoms with Crippen LogP contribution in [0.5, 0.6) is 0 Å². The van der Waals surface area contributed by atoms with Crippen LogP contribution in [-0.4, -0.2) is 36.9 Å². The Morgan fingerprint density at radius 2 is 1.67 bits per heavy atom. The zero-order chi connectivity index (χ0) is 17.3. The Hall–Kier alpha value is -2.18. The van der Waals surface area contributed by atoms with Crippen LogP contribution in [0.25, 0.3) is 11.1 Å². The van der Waals surface area contributed by atoms with E-state index in [0.29, 0.717) is 18.0 Å². The highest BCUT2D eigenvalue weighted by Gasteiger charge is 2.26. The molecular formula is C18H19NO4S. The van der Waals surface area contributed by atoms with Crippen LogP contribution in [0.4, 0.5) is 0 Å². The number of hydrogen-bond acceptors (Lipinski definition) is 3. The molecule has 0 aromatic heterocycles. The third-order valence-electron chi connectivity index (χ3n) is 4.34. The van der Waals surface area contributed by atoms with E-state index in [-0.39, 0.29) is 5.56 Å². The predicted octanol–water partition coefficient (Wildman–Crippen LogP) is 3.14. The van der Waals surface area contributed by atoms with Crippen molar-refractivity contribution in [2.45, 2.75) is 24.7 Å².